The first-order valence-electron chi connectivity index (χ1n) is 6.40. The van der Waals surface area contributed by atoms with Gasteiger partial charge in [-0.2, -0.15) is 0 Å². The Bertz CT molecular complexity index is 468. The second-order valence-electron chi connectivity index (χ2n) is 4.93. The predicted molar refractivity (Wildman–Crippen MR) is 74.3 cm³/mol. The van der Waals surface area contributed by atoms with E-state index in [4.69, 9.17) is 5.11 Å². The molecule has 0 aliphatic heterocycles. The van der Waals surface area contributed by atoms with Gasteiger partial charge in [-0.1, -0.05) is 6.92 Å². The van der Waals surface area contributed by atoms with Crippen LogP contribution in [0.4, 0.5) is 5.00 Å². The SMILES string of the molecule is CC(CO)CNC(=O)c1ccc(NC(=O)C2CC2)s1. The first kappa shape index (κ1) is 14.0. The minimum Gasteiger partial charge on any atom is -0.396 e. The summed E-state index contributed by atoms with van der Waals surface area (Å²) < 4.78 is 0. The monoisotopic (exact) mass is 282 g/mol. The van der Waals surface area contributed by atoms with Gasteiger partial charge in [-0.05, 0) is 30.9 Å². The van der Waals surface area contributed by atoms with E-state index in [1.807, 2.05) is 6.92 Å². The molecule has 0 saturated heterocycles. The summed E-state index contributed by atoms with van der Waals surface area (Å²) in [5, 5.41) is 15.2. The Morgan fingerprint density at radius 2 is 2.21 bits per heavy atom. The molecule has 1 fully saturated rings. The Hall–Kier alpha value is -1.40. The van der Waals surface area contributed by atoms with Gasteiger partial charge in [0.05, 0.1) is 9.88 Å². The second-order valence-corrected chi connectivity index (χ2v) is 6.01. The summed E-state index contributed by atoms with van der Waals surface area (Å²) in [6, 6.07) is 3.45. The highest BCUT2D eigenvalue weighted by Gasteiger charge is 2.29. The summed E-state index contributed by atoms with van der Waals surface area (Å²) in [7, 11) is 0. The van der Waals surface area contributed by atoms with Gasteiger partial charge in [0.15, 0.2) is 0 Å². The summed E-state index contributed by atoms with van der Waals surface area (Å²) in [6.07, 6.45) is 1.92. The van der Waals surface area contributed by atoms with Crippen molar-refractivity contribution in [3.8, 4) is 0 Å². The largest absolute Gasteiger partial charge is 0.396 e. The molecule has 3 N–H and O–H groups in total. The molecule has 1 heterocycles. The number of thiophene rings is 1. The van der Waals surface area contributed by atoms with Gasteiger partial charge in [-0.15, -0.1) is 11.3 Å². The number of nitrogens with one attached hydrogen (secondary N) is 2. The number of aliphatic hydroxyl groups is 1. The fraction of sp³-hybridized carbons (Fsp3) is 0.538. The molecule has 0 spiro atoms. The van der Waals surface area contributed by atoms with E-state index in [2.05, 4.69) is 10.6 Å². The first-order valence-corrected chi connectivity index (χ1v) is 7.21. The third kappa shape index (κ3) is 4.04. The molecule has 1 saturated carbocycles. The van der Waals surface area contributed by atoms with Crippen LogP contribution in [0.5, 0.6) is 0 Å². The standard InChI is InChI=1S/C13H18N2O3S/c1-8(7-16)6-14-13(18)10-4-5-11(19-10)15-12(17)9-2-3-9/h4-5,8-9,16H,2-3,6-7H2,1H3,(H,14,18)(H,15,17). The molecule has 1 atom stereocenters. The van der Waals surface area contributed by atoms with Crippen molar-refractivity contribution in [2.75, 3.05) is 18.5 Å². The summed E-state index contributed by atoms with van der Waals surface area (Å²) in [5.41, 5.74) is 0. The topological polar surface area (TPSA) is 78.4 Å². The molecule has 19 heavy (non-hydrogen) atoms. The van der Waals surface area contributed by atoms with E-state index in [1.165, 1.54) is 11.3 Å². The lowest BCUT2D eigenvalue weighted by Crippen LogP contribution is -2.28. The fourth-order valence-corrected chi connectivity index (χ4v) is 2.34. The van der Waals surface area contributed by atoms with E-state index >= 15 is 0 Å². The average Bonchev–Trinajstić information content (AvgIpc) is 3.16. The molecular formula is C13H18N2O3S. The van der Waals surface area contributed by atoms with E-state index in [1.54, 1.807) is 12.1 Å². The lowest BCUT2D eigenvalue weighted by molar-refractivity contribution is -0.117. The number of hydrogen-bond acceptors (Lipinski definition) is 4. The number of aliphatic hydroxyl groups excluding tert-OH is 1. The Kier molecular flexibility index (Phi) is 4.55. The highest BCUT2D eigenvalue weighted by atomic mass is 32.1. The molecule has 1 unspecified atom stereocenters. The molecule has 0 radical (unpaired) electrons. The number of rotatable bonds is 6. The number of carbonyl (C=O) groups excluding carboxylic acids is 2. The van der Waals surface area contributed by atoms with Crippen molar-refractivity contribution in [1.82, 2.24) is 5.32 Å². The van der Waals surface area contributed by atoms with Crippen LogP contribution in [0.2, 0.25) is 0 Å². The summed E-state index contributed by atoms with van der Waals surface area (Å²) in [4.78, 5) is 24.0. The highest BCUT2D eigenvalue weighted by Crippen LogP contribution is 2.31. The predicted octanol–water partition coefficient (Wildman–Crippen LogP) is 1.45. The Morgan fingerprint density at radius 1 is 1.47 bits per heavy atom. The van der Waals surface area contributed by atoms with Crippen molar-refractivity contribution in [2.24, 2.45) is 11.8 Å². The van der Waals surface area contributed by atoms with Gasteiger partial charge in [-0.25, -0.2) is 0 Å². The minimum absolute atomic E-state index is 0.0398. The highest BCUT2D eigenvalue weighted by molar-refractivity contribution is 7.18. The molecule has 1 aromatic rings. The summed E-state index contributed by atoms with van der Waals surface area (Å²) >= 11 is 1.27. The maximum Gasteiger partial charge on any atom is 0.261 e. The van der Waals surface area contributed by atoms with Crippen molar-refractivity contribution in [2.45, 2.75) is 19.8 Å². The van der Waals surface area contributed by atoms with Gasteiger partial charge in [0.2, 0.25) is 5.91 Å². The third-order valence-corrected chi connectivity index (χ3v) is 3.95. The maximum absolute atomic E-state index is 11.8. The lowest BCUT2D eigenvalue weighted by Gasteiger charge is -2.08. The van der Waals surface area contributed by atoms with Crippen LogP contribution in [0.25, 0.3) is 0 Å². The molecule has 1 aromatic heterocycles. The molecule has 1 aliphatic rings. The number of anilines is 1. The van der Waals surface area contributed by atoms with Gasteiger partial charge < -0.3 is 15.7 Å². The average molecular weight is 282 g/mol. The van der Waals surface area contributed by atoms with Gasteiger partial charge in [0, 0.05) is 19.1 Å². The summed E-state index contributed by atoms with van der Waals surface area (Å²) in [5.74, 6) is 0.0719. The van der Waals surface area contributed by atoms with Crippen LogP contribution in [-0.4, -0.2) is 30.1 Å². The molecule has 6 heteroatoms. The minimum atomic E-state index is -0.169. The Labute approximate surface area is 116 Å². The van der Waals surface area contributed by atoms with Crippen LogP contribution in [0.15, 0.2) is 12.1 Å². The van der Waals surface area contributed by atoms with E-state index in [-0.39, 0.29) is 30.3 Å². The second kappa shape index (κ2) is 6.16. The zero-order valence-electron chi connectivity index (χ0n) is 10.8. The van der Waals surface area contributed by atoms with Crippen molar-refractivity contribution in [3.63, 3.8) is 0 Å². The van der Waals surface area contributed by atoms with Crippen LogP contribution in [0.3, 0.4) is 0 Å². The Balaban J connectivity index is 1.85. The van der Waals surface area contributed by atoms with Gasteiger partial charge in [0.25, 0.3) is 5.91 Å². The molecule has 2 amide bonds. The Morgan fingerprint density at radius 3 is 2.84 bits per heavy atom. The van der Waals surface area contributed by atoms with E-state index < -0.39 is 0 Å². The van der Waals surface area contributed by atoms with Gasteiger partial charge in [0.1, 0.15) is 0 Å². The lowest BCUT2D eigenvalue weighted by atomic mass is 10.2. The quantitative estimate of drug-likeness (QED) is 0.739. The van der Waals surface area contributed by atoms with Crippen molar-refractivity contribution < 1.29 is 14.7 Å². The molecule has 0 aromatic carbocycles. The maximum atomic E-state index is 11.8. The molecule has 104 valence electrons. The smallest absolute Gasteiger partial charge is 0.261 e. The van der Waals surface area contributed by atoms with Crippen LogP contribution >= 0.6 is 11.3 Å². The zero-order valence-corrected chi connectivity index (χ0v) is 11.6. The van der Waals surface area contributed by atoms with E-state index in [9.17, 15) is 9.59 Å². The van der Waals surface area contributed by atoms with Crippen LogP contribution in [0, 0.1) is 11.8 Å². The number of amides is 2. The van der Waals surface area contributed by atoms with Crippen molar-refractivity contribution in [1.29, 1.82) is 0 Å². The van der Waals surface area contributed by atoms with Crippen molar-refractivity contribution >= 4 is 28.2 Å². The molecule has 0 bridgehead atoms. The normalized spacial score (nSPS) is 15.9. The van der Waals surface area contributed by atoms with E-state index in [0.717, 1.165) is 12.8 Å². The summed E-state index contributed by atoms with van der Waals surface area (Å²) in [6.45, 7) is 2.35. The third-order valence-electron chi connectivity index (χ3n) is 2.95. The zero-order chi connectivity index (χ0) is 13.8. The molecule has 5 nitrogen and oxygen atoms in total. The molecule has 2 rings (SSSR count). The fourth-order valence-electron chi connectivity index (χ4n) is 1.51. The van der Waals surface area contributed by atoms with Crippen LogP contribution < -0.4 is 10.6 Å². The van der Waals surface area contributed by atoms with Crippen LogP contribution in [-0.2, 0) is 4.79 Å². The van der Waals surface area contributed by atoms with Gasteiger partial charge >= 0.3 is 0 Å². The van der Waals surface area contributed by atoms with Gasteiger partial charge in [-0.3, -0.25) is 9.59 Å². The molecular weight excluding hydrogens is 264 g/mol. The first-order chi connectivity index (χ1) is 9.10. The molecule has 1 aliphatic carbocycles. The number of hydrogen-bond donors (Lipinski definition) is 3. The van der Waals surface area contributed by atoms with E-state index in [0.29, 0.717) is 16.4 Å². The van der Waals surface area contributed by atoms with Crippen molar-refractivity contribution in [3.05, 3.63) is 17.0 Å². The number of carbonyl (C=O) groups is 2. The van der Waals surface area contributed by atoms with Crippen LogP contribution in [0.1, 0.15) is 29.4 Å².